The van der Waals surface area contributed by atoms with Gasteiger partial charge in [-0.3, -0.25) is 9.59 Å². The first-order valence-corrected chi connectivity index (χ1v) is 9.56. The fourth-order valence-electron chi connectivity index (χ4n) is 3.64. The molecule has 0 aromatic carbocycles. The third kappa shape index (κ3) is 3.67. The molecule has 0 radical (unpaired) electrons. The lowest BCUT2D eigenvalue weighted by Crippen LogP contribution is -2.44. The molecule has 3 aliphatic rings. The van der Waals surface area contributed by atoms with E-state index in [2.05, 4.69) is 0 Å². The number of carbonyl (C=O) groups excluding carboxylic acids is 3. The first-order chi connectivity index (χ1) is 12.6. The van der Waals surface area contributed by atoms with Crippen LogP contribution in [0.5, 0.6) is 0 Å². The van der Waals surface area contributed by atoms with E-state index in [1.165, 1.54) is 0 Å². The molecule has 3 aliphatic heterocycles. The second-order valence-electron chi connectivity index (χ2n) is 8.59. The van der Waals surface area contributed by atoms with Gasteiger partial charge in [0.05, 0.1) is 11.5 Å². The van der Waals surface area contributed by atoms with E-state index in [-0.39, 0.29) is 30.4 Å². The fourth-order valence-corrected chi connectivity index (χ4v) is 3.64. The number of esters is 2. The summed E-state index contributed by atoms with van der Waals surface area (Å²) in [4.78, 5) is 40.6. The molecule has 27 heavy (non-hydrogen) atoms. The highest BCUT2D eigenvalue weighted by molar-refractivity contribution is 6.01. The SMILES string of the molecule is C[C@H]1C[C@]2(O[C@@H]2C)C(=O)O[C@@H]2CCN(C)CC=C(COC(=O)C1(C)C)C2=O. The van der Waals surface area contributed by atoms with Gasteiger partial charge in [-0.05, 0) is 40.2 Å². The molecule has 3 rings (SSSR count). The first-order valence-electron chi connectivity index (χ1n) is 9.56. The minimum Gasteiger partial charge on any atom is -0.460 e. The molecule has 150 valence electrons. The van der Waals surface area contributed by atoms with Crippen LogP contribution in [0.1, 0.15) is 40.5 Å². The summed E-state index contributed by atoms with van der Waals surface area (Å²) in [6, 6.07) is 0. The van der Waals surface area contributed by atoms with Gasteiger partial charge in [-0.1, -0.05) is 13.0 Å². The number of ether oxygens (including phenoxy) is 3. The van der Waals surface area contributed by atoms with Crippen LogP contribution in [0.3, 0.4) is 0 Å². The van der Waals surface area contributed by atoms with Gasteiger partial charge in [0.15, 0.2) is 11.7 Å². The lowest BCUT2D eigenvalue weighted by Gasteiger charge is -2.33. The third-order valence-corrected chi connectivity index (χ3v) is 6.34. The van der Waals surface area contributed by atoms with Gasteiger partial charge in [-0.25, -0.2) is 4.79 Å². The van der Waals surface area contributed by atoms with Crippen molar-refractivity contribution < 1.29 is 28.6 Å². The average Bonchev–Trinajstić information content (AvgIpc) is 3.26. The molecule has 0 aliphatic carbocycles. The second kappa shape index (κ2) is 7.02. The Labute approximate surface area is 160 Å². The molecule has 0 unspecified atom stereocenters. The molecule has 4 atom stereocenters. The summed E-state index contributed by atoms with van der Waals surface area (Å²) >= 11 is 0. The van der Waals surface area contributed by atoms with Gasteiger partial charge in [0.1, 0.15) is 6.61 Å². The van der Waals surface area contributed by atoms with Crippen molar-refractivity contribution in [3.05, 3.63) is 11.6 Å². The smallest absolute Gasteiger partial charge is 0.341 e. The van der Waals surface area contributed by atoms with E-state index >= 15 is 0 Å². The van der Waals surface area contributed by atoms with Crippen LogP contribution in [0, 0.1) is 11.3 Å². The van der Waals surface area contributed by atoms with Gasteiger partial charge >= 0.3 is 11.9 Å². The van der Waals surface area contributed by atoms with Crippen molar-refractivity contribution in [2.75, 3.05) is 26.7 Å². The highest BCUT2D eigenvalue weighted by Crippen LogP contribution is 2.47. The van der Waals surface area contributed by atoms with Gasteiger partial charge in [0, 0.05) is 25.1 Å². The number of likely N-dealkylation sites (N-methyl/N-ethyl adjacent to an activating group) is 1. The number of ketones is 1. The van der Waals surface area contributed by atoms with Gasteiger partial charge in [-0.15, -0.1) is 0 Å². The lowest BCUT2D eigenvalue weighted by atomic mass is 9.74. The van der Waals surface area contributed by atoms with Crippen LogP contribution < -0.4 is 0 Å². The Hall–Kier alpha value is -1.73. The Morgan fingerprint density at radius 1 is 1.15 bits per heavy atom. The number of fused-ring (bicyclic) bond motifs is 2. The number of Topliss-reactive ketones (excluding diaryl/α,β-unsaturated/α-hetero) is 1. The molecule has 7 heteroatoms. The molecule has 1 spiro atoms. The number of hydrogen-bond donors (Lipinski definition) is 0. The van der Waals surface area contributed by atoms with Crippen LogP contribution in [0.4, 0.5) is 0 Å². The Morgan fingerprint density at radius 3 is 2.44 bits per heavy atom. The van der Waals surface area contributed by atoms with Crippen LogP contribution in [-0.4, -0.2) is 67.2 Å². The maximum absolute atomic E-state index is 12.9. The van der Waals surface area contributed by atoms with Crippen LogP contribution >= 0.6 is 0 Å². The van der Waals surface area contributed by atoms with Crippen molar-refractivity contribution in [1.82, 2.24) is 4.90 Å². The number of hydrogen-bond acceptors (Lipinski definition) is 7. The summed E-state index contributed by atoms with van der Waals surface area (Å²) in [5.41, 5.74) is -1.54. The van der Waals surface area contributed by atoms with Crippen molar-refractivity contribution in [2.45, 2.75) is 58.3 Å². The van der Waals surface area contributed by atoms with Gasteiger partial charge in [0.25, 0.3) is 0 Å². The zero-order chi connectivity index (χ0) is 20.0. The number of epoxide rings is 1. The van der Waals surface area contributed by atoms with Crippen LogP contribution in [-0.2, 0) is 28.6 Å². The topological polar surface area (TPSA) is 85.4 Å². The largest absolute Gasteiger partial charge is 0.460 e. The molecule has 2 fully saturated rings. The zero-order valence-corrected chi connectivity index (χ0v) is 16.7. The van der Waals surface area contributed by atoms with E-state index in [0.29, 0.717) is 31.5 Å². The number of nitrogens with zero attached hydrogens (tertiary/aromatic N) is 1. The fraction of sp³-hybridized carbons (Fsp3) is 0.750. The monoisotopic (exact) mass is 379 g/mol. The van der Waals surface area contributed by atoms with Crippen LogP contribution in [0.2, 0.25) is 0 Å². The van der Waals surface area contributed by atoms with Crippen LogP contribution in [0.25, 0.3) is 0 Å². The predicted molar refractivity (Wildman–Crippen MR) is 96.9 cm³/mol. The molecule has 0 aromatic rings. The molecule has 0 saturated carbocycles. The normalized spacial score (nSPS) is 37.9. The number of rotatable bonds is 0. The quantitative estimate of drug-likeness (QED) is 0.466. The summed E-state index contributed by atoms with van der Waals surface area (Å²) < 4.78 is 16.8. The summed E-state index contributed by atoms with van der Waals surface area (Å²) in [6.07, 6.45) is 1.31. The molecule has 7 nitrogen and oxygen atoms in total. The Balaban J connectivity index is 1.97. The zero-order valence-electron chi connectivity index (χ0n) is 16.7. The first kappa shape index (κ1) is 20.0. The van der Waals surface area contributed by atoms with E-state index in [0.717, 1.165) is 0 Å². The molecular formula is C20H29NO6. The molecule has 0 N–H and O–H groups in total. The third-order valence-electron chi connectivity index (χ3n) is 6.34. The Kier molecular flexibility index (Phi) is 5.20. The van der Waals surface area contributed by atoms with E-state index in [4.69, 9.17) is 14.2 Å². The van der Waals surface area contributed by atoms with Crippen molar-refractivity contribution in [1.29, 1.82) is 0 Å². The van der Waals surface area contributed by atoms with E-state index in [1.54, 1.807) is 19.9 Å². The van der Waals surface area contributed by atoms with Crippen molar-refractivity contribution in [3.8, 4) is 0 Å². The minimum atomic E-state index is -1.09. The summed E-state index contributed by atoms with van der Waals surface area (Å²) in [6.45, 7) is 8.40. The van der Waals surface area contributed by atoms with Gasteiger partial charge < -0.3 is 19.1 Å². The second-order valence-corrected chi connectivity index (χ2v) is 8.59. The molecule has 0 aromatic heterocycles. The van der Waals surface area contributed by atoms with Crippen molar-refractivity contribution >= 4 is 17.7 Å². The van der Waals surface area contributed by atoms with E-state index in [1.807, 2.05) is 25.8 Å². The number of carbonyl (C=O) groups is 3. The summed E-state index contributed by atoms with van der Waals surface area (Å²) in [5.74, 6) is -1.35. The highest BCUT2D eigenvalue weighted by Gasteiger charge is 2.63. The maximum Gasteiger partial charge on any atom is 0.341 e. The maximum atomic E-state index is 12.9. The van der Waals surface area contributed by atoms with Crippen LogP contribution in [0.15, 0.2) is 11.6 Å². The lowest BCUT2D eigenvalue weighted by molar-refractivity contribution is -0.165. The average molecular weight is 379 g/mol. The Morgan fingerprint density at radius 2 is 1.81 bits per heavy atom. The van der Waals surface area contributed by atoms with Gasteiger partial charge in [-0.2, -0.15) is 0 Å². The molecule has 2 bridgehead atoms. The summed E-state index contributed by atoms with van der Waals surface area (Å²) in [7, 11) is 1.93. The molecule has 3 heterocycles. The highest BCUT2D eigenvalue weighted by atomic mass is 16.7. The standard InChI is InChI=1S/C20H29NO6/c1-12-10-20(13(2)27-20)18(24)26-15-7-9-21(5)8-6-14(16(15)22)11-25-17(23)19(12,3)4/h6,12-13,15H,7-11H2,1-5H3/t12-,13+,15+,20+/m0/s1. The van der Waals surface area contributed by atoms with E-state index < -0.39 is 23.1 Å². The summed E-state index contributed by atoms with van der Waals surface area (Å²) in [5, 5.41) is 0. The van der Waals surface area contributed by atoms with Crippen molar-refractivity contribution in [2.24, 2.45) is 11.3 Å². The molecule has 0 amide bonds. The minimum absolute atomic E-state index is 0.103. The van der Waals surface area contributed by atoms with E-state index in [9.17, 15) is 14.4 Å². The molecule has 2 saturated heterocycles. The predicted octanol–water partition coefficient (Wildman–Crippen LogP) is 1.50. The van der Waals surface area contributed by atoms with Gasteiger partial charge in [0.2, 0.25) is 5.78 Å². The Bertz CT molecular complexity index is 684. The molecular weight excluding hydrogens is 350 g/mol. The number of cyclic esters (lactones) is 1. The van der Waals surface area contributed by atoms with Crippen molar-refractivity contribution in [3.63, 3.8) is 0 Å².